The summed E-state index contributed by atoms with van der Waals surface area (Å²) >= 11 is 1.58. The third kappa shape index (κ3) is 4.05. The van der Waals surface area contributed by atoms with E-state index in [1.165, 1.54) is 0 Å². The number of aromatic nitrogens is 2. The normalized spacial score (nSPS) is 11.5. The highest BCUT2D eigenvalue weighted by atomic mass is 32.2. The number of nitrogens with zero attached hydrogens (tertiary/aromatic N) is 3. The zero-order valence-electron chi connectivity index (χ0n) is 9.56. The maximum Gasteiger partial charge on any atom is 0.132 e. The SMILES string of the molecule is CSc1cc(N(C)CC(C)(C)O)ncn1. The predicted octanol–water partition coefficient (Wildman–Crippen LogP) is 1.41. The highest BCUT2D eigenvalue weighted by Crippen LogP contribution is 2.17. The van der Waals surface area contributed by atoms with Crippen LogP contribution in [0.5, 0.6) is 0 Å². The van der Waals surface area contributed by atoms with Gasteiger partial charge >= 0.3 is 0 Å². The van der Waals surface area contributed by atoms with Crippen molar-refractivity contribution in [3.05, 3.63) is 12.4 Å². The van der Waals surface area contributed by atoms with Crippen molar-refractivity contribution in [2.45, 2.75) is 24.5 Å². The van der Waals surface area contributed by atoms with E-state index >= 15 is 0 Å². The van der Waals surface area contributed by atoms with Crippen molar-refractivity contribution in [1.29, 1.82) is 0 Å². The molecule has 84 valence electrons. The molecule has 0 aliphatic heterocycles. The molecule has 1 aromatic heterocycles. The van der Waals surface area contributed by atoms with E-state index in [9.17, 15) is 5.11 Å². The first-order valence-corrected chi connectivity index (χ1v) is 5.94. The molecule has 1 rings (SSSR count). The molecular formula is C10H17N3OS. The van der Waals surface area contributed by atoms with Gasteiger partial charge in [0.15, 0.2) is 0 Å². The van der Waals surface area contributed by atoms with Crippen LogP contribution in [0.15, 0.2) is 17.4 Å². The number of hydrogen-bond acceptors (Lipinski definition) is 5. The summed E-state index contributed by atoms with van der Waals surface area (Å²) in [6.07, 6.45) is 3.52. The van der Waals surface area contributed by atoms with Crippen LogP contribution in [-0.4, -0.2) is 40.5 Å². The zero-order valence-corrected chi connectivity index (χ0v) is 10.4. The van der Waals surface area contributed by atoms with Crippen molar-refractivity contribution >= 4 is 17.6 Å². The fourth-order valence-electron chi connectivity index (χ4n) is 1.31. The monoisotopic (exact) mass is 227 g/mol. The van der Waals surface area contributed by atoms with E-state index < -0.39 is 5.60 Å². The summed E-state index contributed by atoms with van der Waals surface area (Å²) in [6.45, 7) is 4.10. The molecule has 4 nitrogen and oxygen atoms in total. The van der Waals surface area contributed by atoms with Crippen LogP contribution in [0, 0.1) is 0 Å². The molecule has 0 spiro atoms. The van der Waals surface area contributed by atoms with Gasteiger partial charge < -0.3 is 10.0 Å². The molecule has 1 N–H and O–H groups in total. The van der Waals surface area contributed by atoms with Gasteiger partial charge in [0.05, 0.1) is 5.60 Å². The second kappa shape index (κ2) is 4.81. The van der Waals surface area contributed by atoms with Crippen molar-refractivity contribution in [3.8, 4) is 0 Å². The molecule has 1 aromatic rings. The number of hydrogen-bond donors (Lipinski definition) is 1. The lowest BCUT2D eigenvalue weighted by Gasteiger charge is -2.26. The smallest absolute Gasteiger partial charge is 0.132 e. The van der Waals surface area contributed by atoms with E-state index in [0.717, 1.165) is 10.8 Å². The van der Waals surface area contributed by atoms with Gasteiger partial charge in [0.2, 0.25) is 0 Å². The van der Waals surface area contributed by atoms with Gasteiger partial charge in [0.25, 0.3) is 0 Å². The third-order valence-electron chi connectivity index (χ3n) is 1.85. The standard InChI is InChI=1S/C10H17N3OS/c1-10(2,14)6-13(3)8-5-9(15-4)12-7-11-8/h5,7,14H,6H2,1-4H3. The molecule has 0 saturated heterocycles. The summed E-state index contributed by atoms with van der Waals surface area (Å²) < 4.78 is 0. The van der Waals surface area contributed by atoms with E-state index in [4.69, 9.17) is 0 Å². The molecule has 15 heavy (non-hydrogen) atoms. The van der Waals surface area contributed by atoms with Gasteiger partial charge in [-0.15, -0.1) is 11.8 Å². The molecule has 0 amide bonds. The fraction of sp³-hybridized carbons (Fsp3) is 0.600. The zero-order chi connectivity index (χ0) is 11.5. The van der Waals surface area contributed by atoms with Crippen molar-refractivity contribution in [3.63, 3.8) is 0 Å². The molecule has 0 bridgehead atoms. The molecule has 0 fully saturated rings. The first kappa shape index (κ1) is 12.3. The Morgan fingerprint density at radius 2 is 2.13 bits per heavy atom. The van der Waals surface area contributed by atoms with Crippen LogP contribution in [0.3, 0.4) is 0 Å². The minimum absolute atomic E-state index is 0.540. The van der Waals surface area contributed by atoms with Gasteiger partial charge in [0.1, 0.15) is 17.2 Å². The molecule has 5 heteroatoms. The van der Waals surface area contributed by atoms with Crippen LogP contribution >= 0.6 is 11.8 Å². The van der Waals surface area contributed by atoms with Crippen molar-refractivity contribution in [2.24, 2.45) is 0 Å². The average molecular weight is 227 g/mol. The first-order chi connectivity index (χ1) is 6.92. The molecule has 0 saturated carbocycles. The lowest BCUT2D eigenvalue weighted by atomic mass is 10.1. The fourth-order valence-corrected chi connectivity index (χ4v) is 1.69. The Labute approximate surface area is 94.7 Å². The lowest BCUT2D eigenvalue weighted by molar-refractivity contribution is 0.0884. The summed E-state index contributed by atoms with van der Waals surface area (Å²) in [5.74, 6) is 0.830. The quantitative estimate of drug-likeness (QED) is 0.622. The second-order valence-corrected chi connectivity index (χ2v) is 4.91. The van der Waals surface area contributed by atoms with Crippen LogP contribution in [0.1, 0.15) is 13.8 Å². The van der Waals surface area contributed by atoms with Crippen LogP contribution in [-0.2, 0) is 0 Å². The van der Waals surface area contributed by atoms with Gasteiger partial charge in [-0.1, -0.05) is 0 Å². The number of thioether (sulfide) groups is 1. The minimum Gasteiger partial charge on any atom is -0.389 e. The topological polar surface area (TPSA) is 49.2 Å². The molecule has 0 aromatic carbocycles. The predicted molar refractivity (Wildman–Crippen MR) is 63.4 cm³/mol. The average Bonchev–Trinajstić information content (AvgIpc) is 2.15. The Bertz CT molecular complexity index is 325. The highest BCUT2D eigenvalue weighted by Gasteiger charge is 2.16. The Balaban J connectivity index is 2.77. The van der Waals surface area contributed by atoms with E-state index in [1.54, 1.807) is 31.9 Å². The van der Waals surface area contributed by atoms with Crippen LogP contribution in [0.25, 0.3) is 0 Å². The largest absolute Gasteiger partial charge is 0.389 e. The maximum atomic E-state index is 9.69. The molecule has 1 heterocycles. The number of rotatable bonds is 4. The Morgan fingerprint density at radius 1 is 1.47 bits per heavy atom. The summed E-state index contributed by atoms with van der Waals surface area (Å²) in [7, 11) is 1.91. The van der Waals surface area contributed by atoms with Crippen LogP contribution < -0.4 is 4.90 Å². The van der Waals surface area contributed by atoms with Gasteiger partial charge in [-0.3, -0.25) is 0 Å². The van der Waals surface area contributed by atoms with Gasteiger partial charge in [0, 0.05) is 19.7 Å². The number of anilines is 1. The first-order valence-electron chi connectivity index (χ1n) is 4.72. The van der Waals surface area contributed by atoms with Crippen molar-refractivity contribution in [1.82, 2.24) is 9.97 Å². The van der Waals surface area contributed by atoms with E-state index in [2.05, 4.69) is 9.97 Å². The Kier molecular flexibility index (Phi) is 3.93. The lowest BCUT2D eigenvalue weighted by Crippen LogP contribution is -2.36. The summed E-state index contributed by atoms with van der Waals surface area (Å²) in [5, 5.41) is 10.6. The Morgan fingerprint density at radius 3 is 2.67 bits per heavy atom. The second-order valence-electron chi connectivity index (χ2n) is 4.09. The molecule has 0 unspecified atom stereocenters. The van der Waals surface area contributed by atoms with Gasteiger partial charge in [-0.2, -0.15) is 0 Å². The van der Waals surface area contributed by atoms with Crippen molar-refractivity contribution in [2.75, 3.05) is 24.7 Å². The van der Waals surface area contributed by atoms with Gasteiger partial charge in [-0.05, 0) is 20.1 Å². The molecule has 0 aliphatic rings. The number of aliphatic hydroxyl groups is 1. The maximum absolute atomic E-state index is 9.69. The van der Waals surface area contributed by atoms with E-state index in [1.807, 2.05) is 24.3 Å². The minimum atomic E-state index is -0.723. The molecule has 0 radical (unpaired) electrons. The molecular weight excluding hydrogens is 210 g/mol. The van der Waals surface area contributed by atoms with Crippen LogP contribution in [0.2, 0.25) is 0 Å². The summed E-state index contributed by atoms with van der Waals surface area (Å²) in [6, 6.07) is 1.91. The van der Waals surface area contributed by atoms with E-state index in [-0.39, 0.29) is 0 Å². The third-order valence-corrected chi connectivity index (χ3v) is 2.49. The highest BCUT2D eigenvalue weighted by molar-refractivity contribution is 7.98. The summed E-state index contributed by atoms with van der Waals surface area (Å²) in [5.41, 5.74) is -0.723. The summed E-state index contributed by atoms with van der Waals surface area (Å²) in [4.78, 5) is 10.2. The van der Waals surface area contributed by atoms with Crippen molar-refractivity contribution < 1.29 is 5.11 Å². The number of likely N-dealkylation sites (N-methyl/N-ethyl adjacent to an activating group) is 1. The molecule has 0 aliphatic carbocycles. The van der Waals surface area contributed by atoms with E-state index in [0.29, 0.717) is 6.54 Å². The van der Waals surface area contributed by atoms with Crippen LogP contribution in [0.4, 0.5) is 5.82 Å². The molecule has 0 atom stereocenters. The van der Waals surface area contributed by atoms with Gasteiger partial charge in [-0.25, -0.2) is 9.97 Å². The Hall–Kier alpha value is -0.810.